The van der Waals surface area contributed by atoms with Crippen molar-refractivity contribution in [2.24, 2.45) is 11.8 Å². The number of hydrogen-bond donors (Lipinski definition) is 2. The van der Waals surface area contributed by atoms with Crippen molar-refractivity contribution in [1.29, 1.82) is 0 Å². The minimum atomic E-state index is -0.285. The van der Waals surface area contributed by atoms with E-state index in [-0.39, 0.29) is 23.2 Å². The van der Waals surface area contributed by atoms with Gasteiger partial charge in [-0.1, -0.05) is 26.0 Å². The molecule has 2 N–H and O–H groups in total. The third kappa shape index (κ3) is 5.19. The Labute approximate surface area is 184 Å². The van der Waals surface area contributed by atoms with Gasteiger partial charge in [0.25, 0.3) is 5.56 Å². The average Bonchev–Trinajstić information content (AvgIpc) is 3.17. The summed E-state index contributed by atoms with van der Waals surface area (Å²) in [6, 6.07) is 8.15. The highest BCUT2D eigenvalue weighted by Gasteiger charge is 2.22. The molecule has 8 heteroatoms. The zero-order valence-electron chi connectivity index (χ0n) is 17.8. The number of hydrogen-bond acceptors (Lipinski definition) is 5. The zero-order valence-corrected chi connectivity index (χ0v) is 18.6. The Kier molecular flexibility index (Phi) is 6.48. The summed E-state index contributed by atoms with van der Waals surface area (Å²) in [6.07, 6.45) is 2.14. The highest BCUT2D eigenvalue weighted by atomic mass is 32.1. The highest BCUT2D eigenvalue weighted by Crippen LogP contribution is 2.31. The maximum Gasteiger partial charge on any atom is 0.268 e. The van der Waals surface area contributed by atoms with Crippen molar-refractivity contribution in [3.8, 4) is 10.4 Å². The van der Waals surface area contributed by atoms with E-state index in [2.05, 4.69) is 20.2 Å². The van der Waals surface area contributed by atoms with E-state index in [1.807, 2.05) is 19.9 Å². The van der Waals surface area contributed by atoms with Gasteiger partial charge in [0.2, 0.25) is 5.91 Å². The van der Waals surface area contributed by atoms with Crippen molar-refractivity contribution in [3.63, 3.8) is 0 Å². The predicted molar refractivity (Wildman–Crippen MR) is 121 cm³/mol. The molecule has 1 aliphatic rings. The molecule has 1 amide bonds. The van der Waals surface area contributed by atoms with Gasteiger partial charge < -0.3 is 10.3 Å². The summed E-state index contributed by atoms with van der Waals surface area (Å²) in [5, 5.41) is 3.03. The van der Waals surface area contributed by atoms with Crippen LogP contribution in [-0.4, -0.2) is 40.4 Å². The molecule has 6 nitrogen and oxygen atoms in total. The summed E-state index contributed by atoms with van der Waals surface area (Å²) in [7, 11) is 0. The van der Waals surface area contributed by atoms with Crippen LogP contribution in [0.5, 0.6) is 0 Å². The molecular weight excluding hydrogens is 415 g/mol. The quantitative estimate of drug-likeness (QED) is 0.609. The number of nitrogens with one attached hydrogen (secondary N) is 2. The normalized spacial score (nSPS) is 17.4. The summed E-state index contributed by atoms with van der Waals surface area (Å²) in [5.74, 6) is 0.840. The minimum absolute atomic E-state index is 0.00823. The van der Waals surface area contributed by atoms with E-state index in [0.29, 0.717) is 35.0 Å². The van der Waals surface area contributed by atoms with E-state index in [1.165, 1.54) is 23.5 Å². The van der Waals surface area contributed by atoms with Gasteiger partial charge in [0, 0.05) is 23.9 Å². The third-order valence-electron chi connectivity index (χ3n) is 5.63. The first-order chi connectivity index (χ1) is 14.9. The molecule has 4 rings (SSSR count). The molecule has 0 aliphatic carbocycles. The lowest BCUT2D eigenvalue weighted by Crippen LogP contribution is -2.41. The number of fused-ring (bicyclic) bond motifs is 1. The lowest BCUT2D eigenvalue weighted by Gasteiger charge is -2.32. The monoisotopic (exact) mass is 442 g/mol. The molecule has 0 radical (unpaired) electrons. The number of benzene rings is 1. The Bertz CT molecular complexity index is 1120. The fourth-order valence-corrected chi connectivity index (χ4v) is 4.94. The second kappa shape index (κ2) is 9.28. The van der Waals surface area contributed by atoms with E-state index >= 15 is 0 Å². The van der Waals surface area contributed by atoms with Crippen LogP contribution >= 0.6 is 11.3 Å². The van der Waals surface area contributed by atoms with Crippen LogP contribution in [0, 0.1) is 17.7 Å². The van der Waals surface area contributed by atoms with Crippen LogP contribution in [0.15, 0.2) is 35.1 Å². The number of carbonyl (C=O) groups is 1. The summed E-state index contributed by atoms with van der Waals surface area (Å²) < 4.78 is 13.8. The van der Waals surface area contributed by atoms with Crippen molar-refractivity contribution in [1.82, 2.24) is 20.2 Å². The number of aromatic amines is 1. The van der Waals surface area contributed by atoms with E-state index in [1.54, 1.807) is 12.1 Å². The molecule has 1 saturated heterocycles. The first-order valence-corrected chi connectivity index (χ1v) is 11.5. The highest BCUT2D eigenvalue weighted by molar-refractivity contribution is 7.22. The third-order valence-corrected chi connectivity index (χ3v) is 6.80. The van der Waals surface area contributed by atoms with Gasteiger partial charge in [-0.15, -0.1) is 11.3 Å². The molecule has 0 spiro atoms. The van der Waals surface area contributed by atoms with Crippen molar-refractivity contribution in [2.75, 3.05) is 19.6 Å². The second-order valence-electron chi connectivity index (χ2n) is 8.49. The molecule has 1 fully saturated rings. The largest absolute Gasteiger partial charge is 0.356 e. The van der Waals surface area contributed by atoms with Gasteiger partial charge in [-0.2, -0.15) is 0 Å². The Morgan fingerprint density at radius 1 is 1.35 bits per heavy atom. The van der Waals surface area contributed by atoms with Gasteiger partial charge in [-0.25, -0.2) is 9.37 Å². The number of nitrogens with zero attached hydrogens (tertiary/aromatic N) is 2. The first kappa shape index (κ1) is 21.6. The molecule has 1 aliphatic heterocycles. The van der Waals surface area contributed by atoms with E-state index in [4.69, 9.17) is 0 Å². The lowest BCUT2D eigenvalue weighted by molar-refractivity contribution is -0.124. The Balaban J connectivity index is 1.46. The van der Waals surface area contributed by atoms with Gasteiger partial charge in [0.15, 0.2) is 0 Å². The summed E-state index contributed by atoms with van der Waals surface area (Å²) >= 11 is 1.37. The van der Waals surface area contributed by atoms with Crippen LogP contribution in [0.25, 0.3) is 20.7 Å². The SMILES string of the molecule is CC(C)C(=O)NCC1CCCN(Cc2nc3cc(-c4ccc(F)cc4)sc3c(=O)[nH]2)C1. The van der Waals surface area contributed by atoms with Crippen LogP contribution in [-0.2, 0) is 11.3 Å². The number of rotatable bonds is 6. The van der Waals surface area contributed by atoms with Crippen LogP contribution in [0.3, 0.4) is 0 Å². The lowest BCUT2D eigenvalue weighted by atomic mass is 9.97. The Morgan fingerprint density at radius 2 is 2.13 bits per heavy atom. The molecule has 31 heavy (non-hydrogen) atoms. The number of thiophene rings is 1. The summed E-state index contributed by atoms with van der Waals surface area (Å²) in [6.45, 7) is 6.86. The van der Waals surface area contributed by atoms with Gasteiger partial charge in [0.05, 0.1) is 12.1 Å². The molecule has 0 bridgehead atoms. The molecular formula is C23H27FN4O2S. The van der Waals surface area contributed by atoms with Gasteiger partial charge in [0.1, 0.15) is 16.3 Å². The van der Waals surface area contributed by atoms with Gasteiger partial charge >= 0.3 is 0 Å². The maximum atomic E-state index is 13.2. The topological polar surface area (TPSA) is 78.1 Å². The molecule has 1 atom stereocenters. The number of likely N-dealkylation sites (tertiary alicyclic amines) is 1. The number of piperidine rings is 1. The molecule has 1 aromatic carbocycles. The van der Waals surface area contributed by atoms with E-state index < -0.39 is 0 Å². The molecule has 164 valence electrons. The minimum Gasteiger partial charge on any atom is -0.356 e. The van der Waals surface area contributed by atoms with Crippen molar-refractivity contribution < 1.29 is 9.18 Å². The van der Waals surface area contributed by atoms with Crippen LogP contribution in [0.4, 0.5) is 4.39 Å². The predicted octanol–water partition coefficient (Wildman–Crippen LogP) is 3.77. The van der Waals surface area contributed by atoms with Crippen molar-refractivity contribution in [3.05, 3.63) is 52.3 Å². The molecule has 2 aromatic heterocycles. The molecule has 3 heterocycles. The summed E-state index contributed by atoms with van der Waals surface area (Å²) in [4.78, 5) is 35.3. The fraction of sp³-hybridized carbons (Fsp3) is 0.435. The fourth-order valence-electron chi connectivity index (χ4n) is 3.94. The van der Waals surface area contributed by atoms with Crippen LogP contribution < -0.4 is 10.9 Å². The Morgan fingerprint density at radius 3 is 2.87 bits per heavy atom. The van der Waals surface area contributed by atoms with E-state index in [9.17, 15) is 14.0 Å². The standard InChI is InChI=1S/C23H27FN4O2S/c1-14(2)22(29)25-11-15-4-3-9-28(12-15)13-20-26-18-10-19(31-21(18)23(30)27-20)16-5-7-17(24)8-6-16/h5-8,10,14-15H,3-4,9,11-13H2,1-2H3,(H,25,29)(H,26,27,30). The number of aromatic nitrogens is 2. The number of carbonyl (C=O) groups excluding carboxylic acids is 1. The van der Waals surface area contributed by atoms with Crippen LogP contribution in [0.1, 0.15) is 32.5 Å². The maximum absolute atomic E-state index is 13.2. The Hall–Kier alpha value is -2.58. The average molecular weight is 443 g/mol. The van der Waals surface area contributed by atoms with Crippen LogP contribution in [0.2, 0.25) is 0 Å². The summed E-state index contributed by atoms with van der Waals surface area (Å²) in [5.41, 5.74) is 1.39. The first-order valence-electron chi connectivity index (χ1n) is 10.7. The zero-order chi connectivity index (χ0) is 22.0. The van der Waals surface area contributed by atoms with Gasteiger partial charge in [-0.3, -0.25) is 14.5 Å². The molecule has 3 aromatic rings. The number of H-pyrrole nitrogens is 1. The molecule has 0 saturated carbocycles. The van der Waals surface area contributed by atoms with Crippen molar-refractivity contribution in [2.45, 2.75) is 33.2 Å². The number of amides is 1. The number of halogens is 1. The van der Waals surface area contributed by atoms with Gasteiger partial charge in [-0.05, 0) is 49.1 Å². The van der Waals surface area contributed by atoms with E-state index in [0.717, 1.165) is 36.4 Å². The van der Waals surface area contributed by atoms with Crippen molar-refractivity contribution >= 4 is 27.5 Å². The molecule has 1 unspecified atom stereocenters. The second-order valence-corrected chi connectivity index (χ2v) is 9.54. The smallest absolute Gasteiger partial charge is 0.268 e.